The van der Waals surface area contributed by atoms with Gasteiger partial charge in [-0.05, 0) is 23.4 Å². The van der Waals surface area contributed by atoms with Gasteiger partial charge in [0.2, 0.25) is 0 Å². The maximum absolute atomic E-state index is 12.6. The van der Waals surface area contributed by atoms with Gasteiger partial charge in [0.25, 0.3) is 5.91 Å². The normalized spacial score (nSPS) is 22.2. The molecule has 1 atom stereocenters. The maximum Gasteiger partial charge on any atom is 0.317 e. The van der Waals surface area contributed by atoms with Crippen molar-refractivity contribution in [3.63, 3.8) is 0 Å². The monoisotopic (exact) mass is 385 g/mol. The van der Waals surface area contributed by atoms with Crippen molar-refractivity contribution in [1.82, 2.24) is 15.1 Å². The zero-order chi connectivity index (χ0) is 18.7. The van der Waals surface area contributed by atoms with Crippen molar-refractivity contribution < 1.29 is 14.3 Å². The molecule has 2 fully saturated rings. The Morgan fingerprint density at radius 1 is 1.11 bits per heavy atom. The van der Waals surface area contributed by atoms with E-state index >= 15 is 0 Å². The van der Waals surface area contributed by atoms with Crippen LogP contribution in [0.1, 0.15) is 22.3 Å². The van der Waals surface area contributed by atoms with Crippen LogP contribution in [0.4, 0.5) is 4.79 Å². The van der Waals surface area contributed by atoms with Crippen molar-refractivity contribution in [2.45, 2.75) is 18.6 Å². The molecule has 27 heavy (non-hydrogen) atoms. The Balaban J connectivity index is 1.35. The standard InChI is InChI=1S/C20H23N3O3S/c24-18(17-6-11-27-13-17)22-8-7-20(14-22)15-23(9-10-26-20)19(25)21-12-16-4-2-1-3-5-16/h1-6,11,13H,7-10,12,14-15H2,(H,21,25). The van der Waals surface area contributed by atoms with Crippen molar-refractivity contribution >= 4 is 23.3 Å². The third kappa shape index (κ3) is 3.99. The molecule has 1 N–H and O–H groups in total. The summed E-state index contributed by atoms with van der Waals surface area (Å²) in [6, 6.07) is 11.6. The zero-order valence-electron chi connectivity index (χ0n) is 15.1. The first-order valence-corrected chi connectivity index (χ1v) is 10.1. The second-order valence-corrected chi connectivity index (χ2v) is 7.87. The molecule has 2 saturated heterocycles. The Labute approximate surface area is 162 Å². The fraction of sp³-hybridized carbons (Fsp3) is 0.400. The highest BCUT2D eigenvalue weighted by Crippen LogP contribution is 2.30. The molecule has 1 aromatic heterocycles. The molecule has 142 valence electrons. The number of thiophene rings is 1. The van der Waals surface area contributed by atoms with E-state index in [-0.39, 0.29) is 11.9 Å². The van der Waals surface area contributed by atoms with Gasteiger partial charge in [-0.1, -0.05) is 30.3 Å². The molecule has 2 aliphatic heterocycles. The molecular formula is C20H23N3O3S. The molecule has 3 heterocycles. The smallest absolute Gasteiger partial charge is 0.317 e. The van der Waals surface area contributed by atoms with Crippen LogP contribution >= 0.6 is 11.3 Å². The molecule has 2 aliphatic rings. The van der Waals surface area contributed by atoms with E-state index < -0.39 is 5.60 Å². The number of ether oxygens (including phenoxy) is 1. The van der Waals surface area contributed by atoms with Gasteiger partial charge < -0.3 is 19.9 Å². The molecule has 1 aromatic carbocycles. The minimum Gasteiger partial charge on any atom is -0.369 e. The lowest BCUT2D eigenvalue weighted by atomic mass is 10.0. The molecular weight excluding hydrogens is 362 g/mol. The number of hydrogen-bond acceptors (Lipinski definition) is 4. The van der Waals surface area contributed by atoms with E-state index in [0.717, 1.165) is 17.5 Å². The number of urea groups is 1. The summed E-state index contributed by atoms with van der Waals surface area (Å²) in [4.78, 5) is 28.8. The SMILES string of the molecule is O=C(NCc1ccccc1)N1CCOC2(CCN(C(=O)c3ccsc3)C2)C1. The van der Waals surface area contributed by atoms with Gasteiger partial charge in [-0.25, -0.2) is 4.79 Å². The summed E-state index contributed by atoms with van der Waals surface area (Å²) in [5, 5.41) is 6.77. The van der Waals surface area contributed by atoms with Crippen molar-refractivity contribution in [1.29, 1.82) is 0 Å². The van der Waals surface area contributed by atoms with Crippen LogP contribution in [0.15, 0.2) is 47.2 Å². The summed E-state index contributed by atoms with van der Waals surface area (Å²) >= 11 is 1.52. The van der Waals surface area contributed by atoms with Crippen molar-refractivity contribution in [3.05, 3.63) is 58.3 Å². The van der Waals surface area contributed by atoms with Gasteiger partial charge in [-0.15, -0.1) is 0 Å². The lowest BCUT2D eigenvalue weighted by molar-refractivity contribution is -0.0880. The molecule has 0 radical (unpaired) electrons. The number of likely N-dealkylation sites (tertiary alicyclic amines) is 1. The summed E-state index contributed by atoms with van der Waals surface area (Å²) in [6.07, 6.45) is 0.755. The first-order valence-electron chi connectivity index (χ1n) is 9.17. The minimum atomic E-state index is -0.450. The highest BCUT2D eigenvalue weighted by molar-refractivity contribution is 7.08. The van der Waals surface area contributed by atoms with E-state index in [1.165, 1.54) is 11.3 Å². The Bertz CT molecular complexity index is 796. The number of benzene rings is 1. The van der Waals surface area contributed by atoms with E-state index in [1.807, 2.05) is 57.0 Å². The van der Waals surface area contributed by atoms with E-state index in [2.05, 4.69) is 5.32 Å². The fourth-order valence-electron chi connectivity index (χ4n) is 3.74. The molecule has 4 rings (SSSR count). The highest BCUT2D eigenvalue weighted by Gasteiger charge is 2.45. The number of rotatable bonds is 3. The summed E-state index contributed by atoms with van der Waals surface area (Å²) in [5.41, 5.74) is 1.35. The first kappa shape index (κ1) is 18.0. The number of amides is 3. The second kappa shape index (κ2) is 7.70. The third-order valence-corrected chi connectivity index (χ3v) is 5.88. The van der Waals surface area contributed by atoms with Crippen LogP contribution in [0.2, 0.25) is 0 Å². The van der Waals surface area contributed by atoms with E-state index in [4.69, 9.17) is 4.74 Å². The van der Waals surface area contributed by atoms with Crippen LogP contribution in [-0.2, 0) is 11.3 Å². The number of morpholine rings is 1. The molecule has 1 spiro atoms. The maximum atomic E-state index is 12.6. The predicted molar refractivity (Wildman–Crippen MR) is 104 cm³/mol. The molecule has 0 aliphatic carbocycles. The number of carbonyl (C=O) groups is 2. The Kier molecular flexibility index (Phi) is 5.13. The quantitative estimate of drug-likeness (QED) is 0.883. The molecule has 3 amide bonds. The lowest BCUT2D eigenvalue weighted by Gasteiger charge is -2.40. The van der Waals surface area contributed by atoms with Crippen molar-refractivity contribution in [2.24, 2.45) is 0 Å². The summed E-state index contributed by atoms with van der Waals surface area (Å²) < 4.78 is 6.05. The predicted octanol–water partition coefficient (Wildman–Crippen LogP) is 2.57. The molecule has 0 saturated carbocycles. The van der Waals surface area contributed by atoms with Crippen LogP contribution in [0.5, 0.6) is 0 Å². The molecule has 2 aromatic rings. The van der Waals surface area contributed by atoms with Crippen LogP contribution in [0, 0.1) is 0 Å². The van der Waals surface area contributed by atoms with Crippen molar-refractivity contribution in [2.75, 3.05) is 32.8 Å². The van der Waals surface area contributed by atoms with Gasteiger partial charge in [0.1, 0.15) is 5.60 Å². The molecule has 6 nitrogen and oxygen atoms in total. The molecule has 7 heteroatoms. The summed E-state index contributed by atoms with van der Waals surface area (Å²) in [6.45, 7) is 3.28. The number of carbonyl (C=O) groups excluding carboxylic acids is 2. The number of nitrogens with one attached hydrogen (secondary N) is 1. The minimum absolute atomic E-state index is 0.0439. The van der Waals surface area contributed by atoms with E-state index in [1.54, 1.807) is 0 Å². The molecule has 1 unspecified atom stereocenters. The van der Waals surface area contributed by atoms with Gasteiger partial charge in [-0.2, -0.15) is 11.3 Å². The average molecular weight is 385 g/mol. The van der Waals surface area contributed by atoms with Crippen LogP contribution in [0.3, 0.4) is 0 Å². The number of nitrogens with zero attached hydrogens (tertiary/aromatic N) is 2. The van der Waals surface area contributed by atoms with Gasteiger partial charge in [0.05, 0.1) is 25.3 Å². The van der Waals surface area contributed by atoms with Gasteiger partial charge in [-0.3, -0.25) is 4.79 Å². The lowest BCUT2D eigenvalue weighted by Crippen LogP contribution is -2.57. The van der Waals surface area contributed by atoms with Crippen LogP contribution in [-0.4, -0.2) is 60.1 Å². The highest BCUT2D eigenvalue weighted by atomic mass is 32.1. The largest absolute Gasteiger partial charge is 0.369 e. The summed E-state index contributed by atoms with van der Waals surface area (Å²) in [5.74, 6) is 0.0439. The average Bonchev–Trinajstić information content (AvgIpc) is 3.37. The van der Waals surface area contributed by atoms with E-state index in [0.29, 0.717) is 39.3 Å². The van der Waals surface area contributed by atoms with Crippen LogP contribution in [0.25, 0.3) is 0 Å². The van der Waals surface area contributed by atoms with Gasteiger partial charge >= 0.3 is 6.03 Å². The summed E-state index contributed by atoms with van der Waals surface area (Å²) in [7, 11) is 0. The van der Waals surface area contributed by atoms with Crippen molar-refractivity contribution in [3.8, 4) is 0 Å². The zero-order valence-corrected chi connectivity index (χ0v) is 15.9. The Morgan fingerprint density at radius 3 is 2.70 bits per heavy atom. The topological polar surface area (TPSA) is 61.9 Å². The number of hydrogen-bond donors (Lipinski definition) is 1. The first-order chi connectivity index (χ1) is 13.2. The molecule has 0 bridgehead atoms. The third-order valence-electron chi connectivity index (χ3n) is 5.19. The van der Waals surface area contributed by atoms with Gasteiger partial charge in [0.15, 0.2) is 0 Å². The van der Waals surface area contributed by atoms with E-state index in [9.17, 15) is 9.59 Å². The van der Waals surface area contributed by atoms with Gasteiger partial charge in [0, 0.05) is 25.0 Å². The Hall–Kier alpha value is -2.38. The Morgan fingerprint density at radius 2 is 1.93 bits per heavy atom. The fourth-order valence-corrected chi connectivity index (χ4v) is 4.37. The van der Waals surface area contributed by atoms with Crippen LogP contribution < -0.4 is 5.32 Å². The second-order valence-electron chi connectivity index (χ2n) is 7.09.